The minimum atomic E-state index is -0.654. The van der Waals surface area contributed by atoms with Crippen LogP contribution in [0.1, 0.15) is 21.5 Å². The Morgan fingerprint density at radius 1 is 0.871 bits per heavy atom. The van der Waals surface area contributed by atoms with Crippen molar-refractivity contribution in [1.29, 1.82) is 0 Å². The van der Waals surface area contributed by atoms with E-state index in [1.807, 2.05) is 61.5 Å². The number of aromatic nitrogens is 1. The highest BCUT2D eigenvalue weighted by molar-refractivity contribution is 6.20. The Bertz CT molecular complexity index is 1270. The summed E-state index contributed by atoms with van der Waals surface area (Å²) in [5.41, 5.74) is 9.90. The van der Waals surface area contributed by atoms with Gasteiger partial charge < -0.3 is 4.74 Å². The Balaban J connectivity index is 1.88. The van der Waals surface area contributed by atoms with Crippen molar-refractivity contribution in [2.45, 2.75) is 6.92 Å². The van der Waals surface area contributed by atoms with Crippen LogP contribution < -0.4 is 10.9 Å². The van der Waals surface area contributed by atoms with Crippen LogP contribution in [0.3, 0.4) is 0 Å². The number of fused-ring (bicyclic) bond motifs is 1. The maximum absolute atomic E-state index is 13.8. The monoisotopic (exact) mass is 411 g/mol. The van der Waals surface area contributed by atoms with Crippen LogP contribution in [0.4, 0.5) is 10.5 Å². The molecule has 0 radical (unpaired) electrons. The molecule has 0 atom stereocenters. The fraction of sp³-hybridized carbons (Fsp3) is 0.0800. The number of para-hydroxylation sites is 2. The van der Waals surface area contributed by atoms with Crippen molar-refractivity contribution >= 4 is 28.5 Å². The fourth-order valence-corrected chi connectivity index (χ4v) is 3.57. The molecular formula is C25H21N3O3. The zero-order valence-electron chi connectivity index (χ0n) is 17.2. The Labute approximate surface area is 179 Å². The van der Waals surface area contributed by atoms with Crippen LogP contribution >= 0.6 is 0 Å². The molecule has 154 valence electrons. The van der Waals surface area contributed by atoms with E-state index in [4.69, 9.17) is 4.98 Å². The normalized spacial score (nSPS) is 10.5. The number of hydrogen-bond donors (Lipinski definition) is 2. The van der Waals surface area contributed by atoms with Crippen molar-refractivity contribution in [1.82, 2.24) is 10.4 Å². The summed E-state index contributed by atoms with van der Waals surface area (Å²) in [5.74, 6) is -0.164. The number of carbonyl (C=O) groups excluding carboxylic acids is 2. The lowest BCUT2D eigenvalue weighted by molar-refractivity contribution is 0.104. The van der Waals surface area contributed by atoms with E-state index < -0.39 is 6.09 Å². The van der Waals surface area contributed by atoms with Gasteiger partial charge in [-0.3, -0.25) is 10.2 Å². The summed E-state index contributed by atoms with van der Waals surface area (Å²) in [5, 5.41) is 0.778. The predicted octanol–water partition coefficient (Wildman–Crippen LogP) is 5.12. The highest BCUT2D eigenvalue weighted by atomic mass is 16.5. The van der Waals surface area contributed by atoms with Crippen LogP contribution in [0.25, 0.3) is 22.2 Å². The summed E-state index contributed by atoms with van der Waals surface area (Å²) in [6.45, 7) is 1.91. The lowest BCUT2D eigenvalue weighted by Gasteiger charge is -2.16. The van der Waals surface area contributed by atoms with E-state index in [2.05, 4.69) is 15.6 Å². The van der Waals surface area contributed by atoms with Gasteiger partial charge >= 0.3 is 6.09 Å². The second kappa shape index (κ2) is 8.67. The van der Waals surface area contributed by atoms with Gasteiger partial charge in [-0.25, -0.2) is 15.2 Å². The van der Waals surface area contributed by atoms with Crippen molar-refractivity contribution in [3.8, 4) is 11.3 Å². The SMILES string of the molecule is COC(=O)NNc1ccccc1C(=O)c1c(C)c(-c2ccccc2)nc2ccccc12. The molecule has 31 heavy (non-hydrogen) atoms. The van der Waals surface area contributed by atoms with Crippen LogP contribution in [0.2, 0.25) is 0 Å². The number of anilines is 1. The summed E-state index contributed by atoms with van der Waals surface area (Å²) >= 11 is 0. The van der Waals surface area contributed by atoms with Gasteiger partial charge in [0.1, 0.15) is 0 Å². The van der Waals surface area contributed by atoms with Gasteiger partial charge in [-0.1, -0.05) is 60.7 Å². The predicted molar refractivity (Wildman–Crippen MR) is 121 cm³/mol. The van der Waals surface area contributed by atoms with Gasteiger partial charge in [0.25, 0.3) is 0 Å². The number of pyridine rings is 1. The summed E-state index contributed by atoms with van der Waals surface area (Å²) in [6.07, 6.45) is -0.654. The number of rotatable bonds is 5. The van der Waals surface area contributed by atoms with Gasteiger partial charge in [0, 0.05) is 22.1 Å². The van der Waals surface area contributed by atoms with Gasteiger partial charge in [0.2, 0.25) is 0 Å². The Morgan fingerprint density at radius 3 is 2.32 bits per heavy atom. The first kappa shape index (κ1) is 20.1. The number of nitrogens with zero attached hydrogens (tertiary/aromatic N) is 1. The molecular weight excluding hydrogens is 390 g/mol. The lowest BCUT2D eigenvalue weighted by atomic mass is 9.92. The number of ether oxygens (including phenoxy) is 1. The number of carbonyl (C=O) groups is 2. The largest absolute Gasteiger partial charge is 0.452 e. The lowest BCUT2D eigenvalue weighted by Crippen LogP contribution is -2.30. The molecule has 6 nitrogen and oxygen atoms in total. The van der Waals surface area contributed by atoms with Crippen LogP contribution in [-0.4, -0.2) is 24.0 Å². The Morgan fingerprint density at radius 2 is 1.55 bits per heavy atom. The zero-order chi connectivity index (χ0) is 21.8. The third kappa shape index (κ3) is 3.96. The standard InChI is InChI=1S/C25H21N3O3/c1-16-22(24(29)19-13-7-9-15-21(19)27-28-25(30)31-2)18-12-6-8-14-20(18)26-23(16)17-10-4-3-5-11-17/h3-15,27H,1-2H3,(H,28,30). The van der Waals surface area contributed by atoms with Crippen molar-refractivity contribution in [2.75, 3.05) is 12.5 Å². The van der Waals surface area contributed by atoms with E-state index in [0.29, 0.717) is 16.8 Å². The molecule has 0 unspecified atom stereocenters. The van der Waals surface area contributed by atoms with Gasteiger partial charge in [-0.15, -0.1) is 0 Å². The second-order valence-electron chi connectivity index (χ2n) is 6.96. The number of methoxy groups -OCH3 is 1. The summed E-state index contributed by atoms with van der Waals surface area (Å²) in [4.78, 5) is 30.1. The minimum absolute atomic E-state index is 0.164. The molecule has 0 aliphatic rings. The number of hydrazine groups is 1. The van der Waals surface area contributed by atoms with E-state index in [1.54, 1.807) is 24.3 Å². The molecule has 3 aromatic carbocycles. The zero-order valence-corrected chi connectivity index (χ0v) is 17.2. The van der Waals surface area contributed by atoms with Crippen molar-refractivity contribution in [2.24, 2.45) is 0 Å². The molecule has 0 saturated carbocycles. The minimum Gasteiger partial charge on any atom is -0.452 e. The second-order valence-corrected chi connectivity index (χ2v) is 6.96. The third-order valence-electron chi connectivity index (χ3n) is 5.07. The number of ketones is 1. The molecule has 1 aromatic heterocycles. The molecule has 0 aliphatic carbocycles. The van der Waals surface area contributed by atoms with Gasteiger partial charge in [-0.2, -0.15) is 0 Å². The number of amides is 1. The van der Waals surface area contributed by atoms with E-state index >= 15 is 0 Å². The van der Waals surface area contributed by atoms with E-state index in [9.17, 15) is 9.59 Å². The molecule has 1 amide bonds. The average molecular weight is 411 g/mol. The summed E-state index contributed by atoms with van der Waals surface area (Å²) < 4.78 is 4.59. The van der Waals surface area contributed by atoms with Crippen molar-refractivity contribution in [3.05, 3.63) is 95.6 Å². The van der Waals surface area contributed by atoms with Crippen molar-refractivity contribution < 1.29 is 14.3 Å². The first-order chi connectivity index (χ1) is 15.1. The molecule has 4 aromatic rings. The highest BCUT2D eigenvalue weighted by Gasteiger charge is 2.22. The number of benzene rings is 3. The molecule has 0 bridgehead atoms. The quantitative estimate of drug-likeness (QED) is 0.352. The molecule has 1 heterocycles. The summed E-state index contributed by atoms with van der Waals surface area (Å²) in [7, 11) is 1.27. The fourth-order valence-electron chi connectivity index (χ4n) is 3.57. The molecule has 6 heteroatoms. The summed E-state index contributed by atoms with van der Waals surface area (Å²) in [6, 6.07) is 24.4. The molecule has 4 rings (SSSR count). The van der Waals surface area contributed by atoms with Gasteiger partial charge in [0.15, 0.2) is 5.78 Å². The Kier molecular flexibility index (Phi) is 5.62. The van der Waals surface area contributed by atoms with Crippen LogP contribution in [0.15, 0.2) is 78.9 Å². The van der Waals surface area contributed by atoms with Crippen LogP contribution in [0, 0.1) is 6.92 Å². The maximum atomic E-state index is 13.8. The number of nitrogens with one attached hydrogen (secondary N) is 2. The van der Waals surface area contributed by atoms with E-state index in [-0.39, 0.29) is 5.78 Å². The maximum Gasteiger partial charge on any atom is 0.425 e. The third-order valence-corrected chi connectivity index (χ3v) is 5.07. The van der Waals surface area contributed by atoms with Gasteiger partial charge in [-0.05, 0) is 30.7 Å². The number of hydrogen-bond acceptors (Lipinski definition) is 5. The van der Waals surface area contributed by atoms with Crippen LogP contribution in [-0.2, 0) is 4.74 Å². The molecule has 0 saturated heterocycles. The molecule has 0 spiro atoms. The van der Waals surface area contributed by atoms with Crippen molar-refractivity contribution in [3.63, 3.8) is 0 Å². The first-order valence-electron chi connectivity index (χ1n) is 9.78. The Hall–Kier alpha value is -4.19. The molecule has 0 fully saturated rings. The van der Waals surface area contributed by atoms with E-state index in [1.165, 1.54) is 7.11 Å². The average Bonchev–Trinajstić information content (AvgIpc) is 2.82. The van der Waals surface area contributed by atoms with Gasteiger partial charge in [0.05, 0.1) is 24.0 Å². The smallest absolute Gasteiger partial charge is 0.425 e. The first-order valence-corrected chi connectivity index (χ1v) is 9.78. The topological polar surface area (TPSA) is 80.3 Å². The molecule has 2 N–H and O–H groups in total. The molecule has 0 aliphatic heterocycles. The van der Waals surface area contributed by atoms with E-state index in [0.717, 1.165) is 27.7 Å². The van der Waals surface area contributed by atoms with Crippen LogP contribution in [0.5, 0.6) is 0 Å². The highest BCUT2D eigenvalue weighted by Crippen LogP contribution is 2.32.